The maximum Gasteiger partial charge on any atom is 0.128 e. The van der Waals surface area contributed by atoms with Gasteiger partial charge in [-0.1, -0.05) is 31.9 Å². The van der Waals surface area contributed by atoms with Crippen molar-refractivity contribution in [2.45, 2.75) is 46.1 Å². The molecule has 2 nitrogen and oxygen atoms in total. The molecule has 1 aromatic rings. The molecule has 0 bridgehead atoms. The molecule has 0 aliphatic carbocycles. The SMILES string of the molecule is CCCCN(c1ccc(Cl)cn1)C(C)CC. The van der Waals surface area contributed by atoms with Gasteiger partial charge in [-0.15, -0.1) is 0 Å². The summed E-state index contributed by atoms with van der Waals surface area (Å²) in [6.45, 7) is 7.73. The molecule has 1 aromatic heterocycles. The molecule has 0 saturated heterocycles. The quantitative estimate of drug-likeness (QED) is 0.743. The molecule has 0 radical (unpaired) electrons. The molecule has 0 amide bonds. The number of halogens is 1. The molecule has 16 heavy (non-hydrogen) atoms. The lowest BCUT2D eigenvalue weighted by atomic mass is 10.2. The Morgan fingerprint density at radius 2 is 2.12 bits per heavy atom. The highest BCUT2D eigenvalue weighted by Gasteiger charge is 2.13. The van der Waals surface area contributed by atoms with Gasteiger partial charge in [0.05, 0.1) is 5.02 Å². The van der Waals surface area contributed by atoms with E-state index < -0.39 is 0 Å². The minimum atomic E-state index is 0.528. The zero-order chi connectivity index (χ0) is 12.0. The molecule has 0 aromatic carbocycles. The average Bonchev–Trinajstić information content (AvgIpc) is 2.31. The lowest BCUT2D eigenvalue weighted by Crippen LogP contribution is -2.34. The highest BCUT2D eigenvalue weighted by atomic mass is 35.5. The number of nitrogens with zero attached hydrogens (tertiary/aromatic N) is 2. The zero-order valence-electron chi connectivity index (χ0n) is 10.4. The number of rotatable bonds is 6. The molecular weight excluding hydrogens is 220 g/mol. The molecule has 0 aliphatic heterocycles. The molecule has 1 heterocycles. The highest BCUT2D eigenvalue weighted by Crippen LogP contribution is 2.18. The van der Waals surface area contributed by atoms with Crippen molar-refractivity contribution in [1.82, 2.24) is 4.98 Å². The van der Waals surface area contributed by atoms with Gasteiger partial charge in [0.2, 0.25) is 0 Å². The lowest BCUT2D eigenvalue weighted by molar-refractivity contribution is 0.590. The normalized spacial score (nSPS) is 12.5. The number of anilines is 1. The Labute approximate surface area is 104 Å². The Hall–Kier alpha value is -0.760. The van der Waals surface area contributed by atoms with Crippen LogP contribution in [-0.2, 0) is 0 Å². The van der Waals surface area contributed by atoms with Gasteiger partial charge in [0.1, 0.15) is 5.82 Å². The molecule has 3 heteroatoms. The Morgan fingerprint density at radius 3 is 2.62 bits per heavy atom. The monoisotopic (exact) mass is 240 g/mol. The van der Waals surface area contributed by atoms with Crippen LogP contribution in [0.1, 0.15) is 40.0 Å². The summed E-state index contributed by atoms with van der Waals surface area (Å²) in [6.07, 6.45) is 5.27. The molecule has 1 atom stereocenters. The van der Waals surface area contributed by atoms with Gasteiger partial charge in [0, 0.05) is 18.8 Å². The van der Waals surface area contributed by atoms with Crippen LogP contribution in [0.25, 0.3) is 0 Å². The molecule has 0 fully saturated rings. The van der Waals surface area contributed by atoms with Crippen LogP contribution in [0.15, 0.2) is 18.3 Å². The summed E-state index contributed by atoms with van der Waals surface area (Å²) < 4.78 is 0. The second-order valence-electron chi connectivity index (χ2n) is 4.14. The summed E-state index contributed by atoms with van der Waals surface area (Å²) in [5.41, 5.74) is 0. The molecule has 1 unspecified atom stereocenters. The van der Waals surface area contributed by atoms with E-state index in [0.717, 1.165) is 18.8 Å². The van der Waals surface area contributed by atoms with Crippen molar-refractivity contribution in [2.24, 2.45) is 0 Å². The maximum atomic E-state index is 5.85. The first-order chi connectivity index (χ1) is 7.69. The first-order valence-electron chi connectivity index (χ1n) is 6.07. The van der Waals surface area contributed by atoms with Crippen molar-refractivity contribution in [1.29, 1.82) is 0 Å². The zero-order valence-corrected chi connectivity index (χ0v) is 11.2. The third-order valence-corrected chi connectivity index (χ3v) is 3.11. The van der Waals surface area contributed by atoms with Gasteiger partial charge in [-0.2, -0.15) is 0 Å². The van der Waals surface area contributed by atoms with Crippen molar-refractivity contribution in [3.05, 3.63) is 23.4 Å². The Morgan fingerprint density at radius 1 is 1.38 bits per heavy atom. The number of pyridine rings is 1. The average molecular weight is 241 g/mol. The van der Waals surface area contributed by atoms with Gasteiger partial charge in [-0.05, 0) is 31.9 Å². The fraction of sp³-hybridized carbons (Fsp3) is 0.615. The van der Waals surface area contributed by atoms with Crippen LogP contribution in [0.5, 0.6) is 0 Å². The van der Waals surface area contributed by atoms with E-state index in [9.17, 15) is 0 Å². The lowest BCUT2D eigenvalue weighted by Gasteiger charge is -2.29. The summed E-state index contributed by atoms with van der Waals surface area (Å²) in [4.78, 5) is 6.76. The molecule has 0 saturated carbocycles. The Balaban J connectivity index is 2.78. The molecular formula is C13H21ClN2. The maximum absolute atomic E-state index is 5.85. The van der Waals surface area contributed by atoms with E-state index in [2.05, 4.69) is 30.7 Å². The van der Waals surface area contributed by atoms with Crippen LogP contribution >= 0.6 is 11.6 Å². The molecule has 0 aliphatic rings. The van der Waals surface area contributed by atoms with E-state index in [-0.39, 0.29) is 0 Å². The van der Waals surface area contributed by atoms with Gasteiger partial charge in [-0.3, -0.25) is 0 Å². The Kier molecular flexibility index (Phi) is 5.61. The van der Waals surface area contributed by atoms with Crippen LogP contribution in [0.2, 0.25) is 5.02 Å². The predicted molar refractivity (Wildman–Crippen MR) is 71.3 cm³/mol. The number of hydrogen-bond donors (Lipinski definition) is 0. The van der Waals surface area contributed by atoms with Crippen molar-refractivity contribution in [3.63, 3.8) is 0 Å². The van der Waals surface area contributed by atoms with Crippen molar-refractivity contribution in [3.8, 4) is 0 Å². The minimum Gasteiger partial charge on any atom is -0.354 e. The molecule has 1 rings (SSSR count). The van der Waals surface area contributed by atoms with Gasteiger partial charge in [0.15, 0.2) is 0 Å². The van der Waals surface area contributed by atoms with Gasteiger partial charge in [-0.25, -0.2) is 4.98 Å². The third-order valence-electron chi connectivity index (χ3n) is 2.88. The van der Waals surface area contributed by atoms with Gasteiger partial charge in [0.25, 0.3) is 0 Å². The van der Waals surface area contributed by atoms with Crippen molar-refractivity contribution < 1.29 is 0 Å². The van der Waals surface area contributed by atoms with Crippen LogP contribution in [-0.4, -0.2) is 17.6 Å². The molecule has 0 N–H and O–H groups in total. The van der Waals surface area contributed by atoms with E-state index in [0.29, 0.717) is 11.1 Å². The fourth-order valence-corrected chi connectivity index (χ4v) is 1.76. The van der Waals surface area contributed by atoms with E-state index >= 15 is 0 Å². The van der Waals surface area contributed by atoms with Gasteiger partial charge < -0.3 is 4.90 Å². The van der Waals surface area contributed by atoms with Gasteiger partial charge >= 0.3 is 0 Å². The summed E-state index contributed by atoms with van der Waals surface area (Å²) in [5.74, 6) is 1.03. The topological polar surface area (TPSA) is 16.1 Å². The minimum absolute atomic E-state index is 0.528. The predicted octanol–water partition coefficient (Wildman–Crippen LogP) is 4.14. The van der Waals surface area contributed by atoms with Crippen LogP contribution in [0.4, 0.5) is 5.82 Å². The second kappa shape index (κ2) is 6.74. The second-order valence-corrected chi connectivity index (χ2v) is 4.58. The van der Waals surface area contributed by atoms with E-state index in [1.165, 1.54) is 12.8 Å². The summed E-state index contributed by atoms with van der Waals surface area (Å²) in [5, 5.41) is 0.698. The van der Waals surface area contributed by atoms with E-state index in [4.69, 9.17) is 11.6 Å². The highest BCUT2D eigenvalue weighted by molar-refractivity contribution is 6.30. The fourth-order valence-electron chi connectivity index (χ4n) is 1.65. The summed E-state index contributed by atoms with van der Waals surface area (Å²) in [6, 6.07) is 4.44. The molecule has 0 spiro atoms. The first-order valence-corrected chi connectivity index (χ1v) is 6.45. The number of unbranched alkanes of at least 4 members (excludes halogenated alkanes) is 1. The first kappa shape index (κ1) is 13.3. The van der Waals surface area contributed by atoms with E-state index in [1.54, 1.807) is 6.20 Å². The third kappa shape index (κ3) is 3.67. The van der Waals surface area contributed by atoms with Crippen molar-refractivity contribution >= 4 is 17.4 Å². The smallest absolute Gasteiger partial charge is 0.128 e. The summed E-state index contributed by atoms with van der Waals surface area (Å²) in [7, 11) is 0. The Bertz CT molecular complexity index is 297. The molecule has 90 valence electrons. The van der Waals surface area contributed by atoms with Crippen molar-refractivity contribution in [2.75, 3.05) is 11.4 Å². The number of aromatic nitrogens is 1. The van der Waals surface area contributed by atoms with Crippen LogP contribution in [0, 0.1) is 0 Å². The largest absolute Gasteiger partial charge is 0.354 e. The summed E-state index contributed by atoms with van der Waals surface area (Å²) >= 11 is 5.85. The standard InChI is InChI=1S/C13H21ClN2/c1-4-6-9-16(11(3)5-2)13-8-7-12(14)10-15-13/h7-8,10-11H,4-6,9H2,1-3H3. The van der Waals surface area contributed by atoms with Crippen LogP contribution in [0.3, 0.4) is 0 Å². The van der Waals surface area contributed by atoms with Crippen LogP contribution < -0.4 is 4.90 Å². The van der Waals surface area contributed by atoms with E-state index in [1.807, 2.05) is 12.1 Å². The number of hydrogen-bond acceptors (Lipinski definition) is 2.